The molecular formula is C15H18F3NO3. The number of aliphatic hydroxyl groups excluding tert-OH is 1. The van der Waals surface area contributed by atoms with Crippen molar-refractivity contribution in [3.05, 3.63) is 28.8 Å². The van der Waals surface area contributed by atoms with E-state index >= 15 is 0 Å². The molecule has 0 spiro atoms. The predicted octanol–water partition coefficient (Wildman–Crippen LogP) is 2.04. The Hall–Kier alpha value is -1.76. The zero-order valence-corrected chi connectivity index (χ0v) is 12.3. The van der Waals surface area contributed by atoms with Gasteiger partial charge in [-0.05, 0) is 43.0 Å². The maximum Gasteiger partial charge on any atom is 0.414 e. The van der Waals surface area contributed by atoms with Crippen molar-refractivity contribution in [2.45, 2.75) is 45.1 Å². The first kappa shape index (κ1) is 16.6. The fourth-order valence-electron chi connectivity index (χ4n) is 2.27. The minimum Gasteiger partial charge on any atom is -0.480 e. The third kappa shape index (κ3) is 3.71. The molecule has 1 aliphatic rings. The number of ether oxygens (including phenoxy) is 1. The van der Waals surface area contributed by atoms with Crippen LogP contribution < -0.4 is 10.1 Å². The molecule has 0 bridgehead atoms. The van der Waals surface area contributed by atoms with Crippen LogP contribution in [0, 0.1) is 13.8 Å². The average Bonchev–Trinajstić information content (AvgIpc) is 2.80. The lowest BCUT2D eigenvalue weighted by Crippen LogP contribution is -2.40. The van der Waals surface area contributed by atoms with E-state index in [1.54, 1.807) is 0 Å². The number of halogens is 3. The van der Waals surface area contributed by atoms with E-state index in [1.165, 1.54) is 0 Å². The topological polar surface area (TPSA) is 58.6 Å². The van der Waals surface area contributed by atoms with Crippen LogP contribution in [0.3, 0.4) is 0 Å². The molecule has 7 heteroatoms. The van der Waals surface area contributed by atoms with E-state index in [0.29, 0.717) is 12.2 Å². The summed E-state index contributed by atoms with van der Waals surface area (Å²) in [5, 5.41) is 11.2. The first-order valence-electron chi connectivity index (χ1n) is 6.97. The van der Waals surface area contributed by atoms with Crippen molar-refractivity contribution in [2.75, 3.05) is 6.54 Å². The van der Waals surface area contributed by atoms with Crippen molar-refractivity contribution in [3.63, 3.8) is 0 Å². The molecule has 22 heavy (non-hydrogen) atoms. The molecule has 4 nitrogen and oxygen atoms in total. The molecule has 0 aliphatic carbocycles. The van der Waals surface area contributed by atoms with Gasteiger partial charge in [-0.2, -0.15) is 13.2 Å². The molecule has 0 aromatic heterocycles. The molecule has 0 fully saturated rings. The van der Waals surface area contributed by atoms with E-state index in [1.807, 2.05) is 26.0 Å². The lowest BCUT2D eigenvalue weighted by Gasteiger charge is -2.15. The van der Waals surface area contributed by atoms with Gasteiger partial charge in [0.15, 0.2) is 12.2 Å². The van der Waals surface area contributed by atoms with E-state index in [2.05, 4.69) is 5.32 Å². The van der Waals surface area contributed by atoms with E-state index in [-0.39, 0.29) is 6.54 Å². The lowest BCUT2D eigenvalue weighted by molar-refractivity contribution is -0.205. The van der Waals surface area contributed by atoms with Gasteiger partial charge in [0.2, 0.25) is 0 Å². The van der Waals surface area contributed by atoms with Gasteiger partial charge in [0, 0.05) is 13.0 Å². The summed E-state index contributed by atoms with van der Waals surface area (Å²) < 4.78 is 42.0. The Morgan fingerprint density at radius 1 is 1.41 bits per heavy atom. The van der Waals surface area contributed by atoms with Crippen LogP contribution in [-0.2, 0) is 11.2 Å². The van der Waals surface area contributed by atoms with Crippen LogP contribution in [0.15, 0.2) is 12.1 Å². The van der Waals surface area contributed by atoms with E-state index in [4.69, 9.17) is 9.84 Å². The third-order valence-electron chi connectivity index (χ3n) is 3.74. The molecule has 1 aliphatic heterocycles. The van der Waals surface area contributed by atoms with Crippen LogP contribution in [0.5, 0.6) is 5.75 Å². The standard InChI is InChI=1S/C15H18F3NO3/c1-8-5-10-7-12(22-11(10)6-9(8)2)14(21)19-4-3-13(20)15(16,17)18/h5-6,12-13,20H,3-4,7H2,1-2H3,(H,19,21)/t12-,13-/m0/s1. The second kappa shape index (κ2) is 6.16. The summed E-state index contributed by atoms with van der Waals surface area (Å²) in [5.74, 6) is 0.166. The fraction of sp³-hybridized carbons (Fsp3) is 0.533. The maximum absolute atomic E-state index is 12.1. The molecule has 0 saturated heterocycles. The normalized spacial score (nSPS) is 18.5. The molecular weight excluding hydrogens is 299 g/mol. The highest BCUT2D eigenvalue weighted by molar-refractivity contribution is 5.82. The Morgan fingerprint density at radius 2 is 2.05 bits per heavy atom. The number of alkyl halides is 3. The van der Waals surface area contributed by atoms with Gasteiger partial charge in [-0.25, -0.2) is 0 Å². The predicted molar refractivity (Wildman–Crippen MR) is 73.7 cm³/mol. The summed E-state index contributed by atoms with van der Waals surface area (Å²) in [6.45, 7) is 3.64. The van der Waals surface area contributed by atoms with Gasteiger partial charge in [-0.1, -0.05) is 6.07 Å². The highest BCUT2D eigenvalue weighted by Crippen LogP contribution is 2.31. The van der Waals surface area contributed by atoms with Crippen molar-refractivity contribution in [1.29, 1.82) is 0 Å². The van der Waals surface area contributed by atoms with Crippen LogP contribution in [0.2, 0.25) is 0 Å². The van der Waals surface area contributed by atoms with Crippen LogP contribution in [0.4, 0.5) is 13.2 Å². The number of nitrogens with one attached hydrogen (secondary N) is 1. The van der Waals surface area contributed by atoms with Crippen molar-refractivity contribution < 1.29 is 27.8 Å². The molecule has 2 rings (SSSR count). The minimum absolute atomic E-state index is 0.256. The number of carbonyl (C=O) groups excluding carboxylic acids is 1. The third-order valence-corrected chi connectivity index (χ3v) is 3.74. The zero-order valence-electron chi connectivity index (χ0n) is 12.3. The van der Waals surface area contributed by atoms with Crippen molar-refractivity contribution in [3.8, 4) is 5.75 Å². The average molecular weight is 317 g/mol. The zero-order chi connectivity index (χ0) is 16.5. The quantitative estimate of drug-likeness (QED) is 0.893. The number of rotatable bonds is 4. The van der Waals surface area contributed by atoms with Crippen LogP contribution in [0.1, 0.15) is 23.1 Å². The first-order valence-corrected chi connectivity index (χ1v) is 6.97. The number of hydrogen-bond donors (Lipinski definition) is 2. The van der Waals surface area contributed by atoms with E-state index < -0.39 is 30.7 Å². The molecule has 0 unspecified atom stereocenters. The van der Waals surface area contributed by atoms with Gasteiger partial charge in [-0.15, -0.1) is 0 Å². The highest BCUT2D eigenvalue weighted by atomic mass is 19.4. The second-order valence-electron chi connectivity index (χ2n) is 5.49. The summed E-state index contributed by atoms with van der Waals surface area (Å²) in [4.78, 5) is 11.9. The van der Waals surface area contributed by atoms with Gasteiger partial charge in [0.25, 0.3) is 5.91 Å². The van der Waals surface area contributed by atoms with Crippen molar-refractivity contribution in [2.24, 2.45) is 0 Å². The highest BCUT2D eigenvalue weighted by Gasteiger charge is 2.38. The summed E-state index contributed by atoms with van der Waals surface area (Å²) in [6, 6.07) is 3.80. The molecule has 1 aromatic carbocycles. The number of aryl methyl sites for hydroxylation is 2. The Kier molecular flexibility index (Phi) is 4.65. The molecule has 1 amide bonds. The Balaban J connectivity index is 1.86. The monoisotopic (exact) mass is 317 g/mol. The molecule has 1 aromatic rings. The Bertz CT molecular complexity index is 541. The summed E-state index contributed by atoms with van der Waals surface area (Å²) in [6.07, 6.45) is -8.02. The number of fused-ring (bicyclic) bond motifs is 1. The van der Waals surface area contributed by atoms with Crippen LogP contribution in [0.25, 0.3) is 0 Å². The summed E-state index contributed by atoms with van der Waals surface area (Å²) in [7, 11) is 0. The molecule has 0 radical (unpaired) electrons. The number of carbonyl (C=O) groups is 1. The summed E-state index contributed by atoms with van der Waals surface area (Å²) in [5.41, 5.74) is 3.06. The number of hydrogen-bond acceptors (Lipinski definition) is 3. The molecule has 0 saturated carbocycles. The number of amides is 1. The Morgan fingerprint density at radius 3 is 2.68 bits per heavy atom. The molecule has 2 atom stereocenters. The first-order chi connectivity index (χ1) is 10.2. The maximum atomic E-state index is 12.1. The van der Waals surface area contributed by atoms with Gasteiger partial charge in [-0.3, -0.25) is 4.79 Å². The second-order valence-corrected chi connectivity index (χ2v) is 5.49. The van der Waals surface area contributed by atoms with Gasteiger partial charge < -0.3 is 15.2 Å². The smallest absolute Gasteiger partial charge is 0.414 e. The van der Waals surface area contributed by atoms with E-state index in [9.17, 15) is 18.0 Å². The SMILES string of the molecule is Cc1cc2c(cc1C)O[C@H](C(=O)NCC[C@H](O)C(F)(F)F)C2. The van der Waals surface area contributed by atoms with Gasteiger partial charge in [0.05, 0.1) is 0 Å². The minimum atomic E-state index is -4.67. The van der Waals surface area contributed by atoms with E-state index in [0.717, 1.165) is 16.7 Å². The molecule has 2 N–H and O–H groups in total. The van der Waals surface area contributed by atoms with Crippen LogP contribution in [-0.4, -0.2) is 35.9 Å². The lowest BCUT2D eigenvalue weighted by atomic mass is 10.0. The fourth-order valence-corrected chi connectivity index (χ4v) is 2.27. The van der Waals surface area contributed by atoms with Gasteiger partial charge in [0.1, 0.15) is 5.75 Å². The Labute approximate surface area is 126 Å². The van der Waals surface area contributed by atoms with Gasteiger partial charge >= 0.3 is 6.18 Å². The number of benzene rings is 1. The van der Waals surface area contributed by atoms with Crippen molar-refractivity contribution in [1.82, 2.24) is 5.32 Å². The number of aliphatic hydroxyl groups is 1. The largest absolute Gasteiger partial charge is 0.480 e. The molecule has 122 valence electrons. The van der Waals surface area contributed by atoms with Crippen molar-refractivity contribution >= 4 is 5.91 Å². The van der Waals surface area contributed by atoms with Crippen LogP contribution >= 0.6 is 0 Å². The molecule has 1 heterocycles. The summed E-state index contributed by atoms with van der Waals surface area (Å²) >= 11 is 0.